The molecule has 0 saturated carbocycles. The number of carbonyl (C=O) groups excluding carboxylic acids is 1. The molecule has 0 aliphatic carbocycles. The summed E-state index contributed by atoms with van der Waals surface area (Å²) in [6.07, 6.45) is 3.86. The summed E-state index contributed by atoms with van der Waals surface area (Å²) in [4.78, 5) is 14.3. The molecule has 0 aromatic carbocycles. The number of rotatable bonds is 3. The van der Waals surface area contributed by atoms with Crippen molar-refractivity contribution < 1.29 is 4.79 Å². The van der Waals surface area contributed by atoms with Crippen LogP contribution in [0.15, 0.2) is 6.20 Å². The summed E-state index contributed by atoms with van der Waals surface area (Å²) in [7, 11) is 1.84. The van der Waals surface area contributed by atoms with Gasteiger partial charge in [-0.15, -0.1) is 5.10 Å². The minimum absolute atomic E-state index is 0.0371. The van der Waals surface area contributed by atoms with E-state index in [9.17, 15) is 4.79 Å². The zero-order valence-corrected chi connectivity index (χ0v) is 13.8. The lowest BCUT2D eigenvalue weighted by molar-refractivity contribution is 0.0623. The molecule has 1 aromatic heterocycles. The van der Waals surface area contributed by atoms with Gasteiger partial charge in [-0.05, 0) is 38.3 Å². The average molecular weight is 293 g/mol. The molecule has 21 heavy (non-hydrogen) atoms. The van der Waals surface area contributed by atoms with E-state index in [1.54, 1.807) is 11.1 Å². The van der Waals surface area contributed by atoms with Gasteiger partial charge in [0.05, 0.1) is 12.2 Å². The van der Waals surface area contributed by atoms with Gasteiger partial charge in [-0.3, -0.25) is 4.79 Å². The van der Waals surface area contributed by atoms with E-state index >= 15 is 0 Å². The fourth-order valence-electron chi connectivity index (χ4n) is 2.56. The number of carbonyl (C=O) groups is 1. The third kappa shape index (κ3) is 3.61. The first kappa shape index (κ1) is 15.9. The molecule has 6 heteroatoms. The highest BCUT2D eigenvalue weighted by Gasteiger charge is 2.29. The highest BCUT2D eigenvalue weighted by atomic mass is 16.2. The summed E-state index contributed by atoms with van der Waals surface area (Å²) in [6, 6.07) is 0.486. The van der Waals surface area contributed by atoms with E-state index < -0.39 is 0 Å². The standard InChI is InChI=1S/C15H27N5O/c1-11(15(2,3)4)19(5)14(21)13-10-20(18-17-13)12-6-8-16-9-7-12/h10-12,16H,6-9H2,1-5H3. The molecule has 0 radical (unpaired) electrons. The molecule has 1 atom stereocenters. The van der Waals surface area contributed by atoms with Crippen LogP contribution in [-0.4, -0.2) is 52.0 Å². The first-order valence-electron chi connectivity index (χ1n) is 7.70. The van der Waals surface area contributed by atoms with Gasteiger partial charge in [0.25, 0.3) is 5.91 Å². The highest BCUT2D eigenvalue weighted by Crippen LogP contribution is 2.24. The first-order chi connectivity index (χ1) is 9.80. The third-order valence-electron chi connectivity index (χ3n) is 4.57. The van der Waals surface area contributed by atoms with Gasteiger partial charge in [0.2, 0.25) is 0 Å². The van der Waals surface area contributed by atoms with Gasteiger partial charge in [0.1, 0.15) is 0 Å². The van der Waals surface area contributed by atoms with Crippen LogP contribution in [0.2, 0.25) is 0 Å². The molecule has 0 bridgehead atoms. The molecule has 2 heterocycles. The second-order valence-electron chi connectivity index (χ2n) is 7.02. The molecular formula is C15H27N5O. The Balaban J connectivity index is 2.08. The molecule has 1 N–H and O–H groups in total. The highest BCUT2D eigenvalue weighted by molar-refractivity contribution is 5.92. The monoisotopic (exact) mass is 293 g/mol. The molecule has 1 saturated heterocycles. The molecule has 0 spiro atoms. The number of piperidine rings is 1. The maximum Gasteiger partial charge on any atom is 0.276 e. The predicted octanol–water partition coefficient (Wildman–Crippen LogP) is 1.71. The van der Waals surface area contributed by atoms with Crippen LogP contribution in [0, 0.1) is 5.41 Å². The van der Waals surface area contributed by atoms with Crippen molar-refractivity contribution in [1.82, 2.24) is 25.2 Å². The SMILES string of the molecule is CC(N(C)C(=O)c1cn(C2CCNCC2)nn1)C(C)(C)C. The quantitative estimate of drug-likeness (QED) is 0.921. The van der Waals surface area contributed by atoms with E-state index in [1.165, 1.54) is 0 Å². The lowest BCUT2D eigenvalue weighted by Crippen LogP contribution is -2.43. The van der Waals surface area contributed by atoms with Crippen LogP contribution in [0.25, 0.3) is 0 Å². The van der Waals surface area contributed by atoms with Gasteiger partial charge in [-0.25, -0.2) is 4.68 Å². The summed E-state index contributed by atoms with van der Waals surface area (Å²) in [6.45, 7) is 10.5. The lowest BCUT2D eigenvalue weighted by Gasteiger charge is -2.34. The van der Waals surface area contributed by atoms with E-state index in [0.29, 0.717) is 11.7 Å². The molecule has 1 amide bonds. The van der Waals surface area contributed by atoms with Crippen LogP contribution in [-0.2, 0) is 0 Å². The van der Waals surface area contributed by atoms with Crippen LogP contribution in [0.3, 0.4) is 0 Å². The van der Waals surface area contributed by atoms with Gasteiger partial charge in [0.15, 0.2) is 5.69 Å². The topological polar surface area (TPSA) is 63.1 Å². The Morgan fingerprint density at radius 3 is 2.62 bits per heavy atom. The van der Waals surface area contributed by atoms with Crippen LogP contribution in [0.4, 0.5) is 0 Å². The number of aromatic nitrogens is 3. The zero-order valence-electron chi connectivity index (χ0n) is 13.8. The first-order valence-corrected chi connectivity index (χ1v) is 7.70. The second-order valence-corrected chi connectivity index (χ2v) is 7.02. The zero-order chi connectivity index (χ0) is 15.6. The van der Waals surface area contributed by atoms with Crippen molar-refractivity contribution in [3.8, 4) is 0 Å². The van der Waals surface area contributed by atoms with E-state index in [-0.39, 0.29) is 17.4 Å². The fraction of sp³-hybridized carbons (Fsp3) is 0.800. The van der Waals surface area contributed by atoms with Crippen molar-refractivity contribution in [3.63, 3.8) is 0 Å². The van der Waals surface area contributed by atoms with E-state index in [4.69, 9.17) is 0 Å². The number of hydrogen-bond acceptors (Lipinski definition) is 4. The molecular weight excluding hydrogens is 266 g/mol. The van der Waals surface area contributed by atoms with Gasteiger partial charge in [-0.2, -0.15) is 0 Å². The summed E-state index contributed by atoms with van der Waals surface area (Å²) < 4.78 is 1.85. The number of nitrogens with one attached hydrogen (secondary N) is 1. The average Bonchev–Trinajstić information content (AvgIpc) is 2.94. The van der Waals surface area contributed by atoms with Gasteiger partial charge >= 0.3 is 0 Å². The Bertz CT molecular complexity index is 484. The maximum absolute atomic E-state index is 12.5. The molecule has 1 fully saturated rings. The minimum Gasteiger partial charge on any atom is -0.337 e. The largest absolute Gasteiger partial charge is 0.337 e. The molecule has 1 aliphatic heterocycles. The smallest absolute Gasteiger partial charge is 0.276 e. The van der Waals surface area contributed by atoms with Crippen LogP contribution < -0.4 is 5.32 Å². The van der Waals surface area contributed by atoms with Crippen molar-refractivity contribution in [2.45, 2.75) is 52.6 Å². The summed E-state index contributed by atoms with van der Waals surface area (Å²) >= 11 is 0. The van der Waals surface area contributed by atoms with Crippen molar-refractivity contribution in [2.75, 3.05) is 20.1 Å². The van der Waals surface area contributed by atoms with Crippen LogP contribution in [0.1, 0.15) is 57.1 Å². The third-order valence-corrected chi connectivity index (χ3v) is 4.57. The normalized spacial score (nSPS) is 18.5. The lowest BCUT2D eigenvalue weighted by atomic mass is 9.87. The van der Waals surface area contributed by atoms with E-state index in [0.717, 1.165) is 25.9 Å². The molecule has 1 aliphatic rings. The van der Waals surface area contributed by atoms with Gasteiger partial charge in [-0.1, -0.05) is 26.0 Å². The Labute approximate surface area is 126 Å². The van der Waals surface area contributed by atoms with Crippen molar-refractivity contribution >= 4 is 5.91 Å². The molecule has 6 nitrogen and oxygen atoms in total. The second kappa shape index (κ2) is 6.13. The summed E-state index contributed by atoms with van der Waals surface area (Å²) in [5.74, 6) is -0.0578. The number of amides is 1. The number of nitrogens with zero attached hydrogens (tertiary/aromatic N) is 4. The Morgan fingerprint density at radius 2 is 2.05 bits per heavy atom. The molecule has 2 rings (SSSR count). The van der Waals surface area contributed by atoms with Crippen LogP contribution in [0.5, 0.6) is 0 Å². The molecule has 118 valence electrons. The summed E-state index contributed by atoms with van der Waals surface area (Å²) in [5.41, 5.74) is 0.474. The Morgan fingerprint density at radius 1 is 1.43 bits per heavy atom. The number of hydrogen-bond donors (Lipinski definition) is 1. The molecule has 1 aromatic rings. The van der Waals surface area contributed by atoms with Crippen LogP contribution >= 0.6 is 0 Å². The van der Waals surface area contributed by atoms with Gasteiger partial charge < -0.3 is 10.2 Å². The van der Waals surface area contributed by atoms with E-state index in [1.807, 2.05) is 11.7 Å². The molecule has 1 unspecified atom stereocenters. The summed E-state index contributed by atoms with van der Waals surface area (Å²) in [5, 5.41) is 11.6. The van der Waals surface area contributed by atoms with Gasteiger partial charge in [0, 0.05) is 13.1 Å². The minimum atomic E-state index is -0.0578. The van der Waals surface area contributed by atoms with Crippen molar-refractivity contribution in [2.24, 2.45) is 5.41 Å². The predicted molar refractivity (Wildman–Crippen MR) is 82.2 cm³/mol. The fourth-order valence-corrected chi connectivity index (χ4v) is 2.56. The maximum atomic E-state index is 12.5. The van der Waals surface area contributed by atoms with Crippen molar-refractivity contribution in [1.29, 1.82) is 0 Å². The Kier molecular flexibility index (Phi) is 4.66. The van der Waals surface area contributed by atoms with E-state index in [2.05, 4.69) is 43.3 Å². The Hall–Kier alpha value is -1.43. The van der Waals surface area contributed by atoms with Crippen molar-refractivity contribution in [3.05, 3.63) is 11.9 Å².